The first kappa shape index (κ1) is 13.7. The van der Waals surface area contributed by atoms with E-state index in [2.05, 4.69) is 25.8 Å². The lowest BCUT2D eigenvalue weighted by Crippen LogP contribution is -2.11. The van der Waals surface area contributed by atoms with Crippen LogP contribution in [-0.4, -0.2) is 4.98 Å². The van der Waals surface area contributed by atoms with Crippen LogP contribution in [-0.2, 0) is 5.41 Å². The highest BCUT2D eigenvalue weighted by Gasteiger charge is 2.16. The first-order valence-corrected chi connectivity index (χ1v) is 6.21. The summed E-state index contributed by atoms with van der Waals surface area (Å²) in [4.78, 5) is 4.30. The van der Waals surface area contributed by atoms with E-state index in [0.29, 0.717) is 16.8 Å². The van der Waals surface area contributed by atoms with Gasteiger partial charge in [0.25, 0.3) is 0 Å². The van der Waals surface area contributed by atoms with E-state index in [1.165, 1.54) is 6.07 Å². The normalized spacial score (nSPS) is 11.7. The Morgan fingerprint density at radius 1 is 1.05 bits per heavy atom. The Balaban J connectivity index is 2.49. The standard InChI is InChI=1S/C16H17F2N/c1-10-7-12(17)8-13(18)15(10)14-6-5-11(9-19-14)16(2,3)4/h5-9H,1-4H3. The largest absolute Gasteiger partial charge is 0.256 e. The fourth-order valence-electron chi connectivity index (χ4n) is 2.01. The monoisotopic (exact) mass is 261 g/mol. The highest BCUT2D eigenvalue weighted by molar-refractivity contribution is 5.64. The SMILES string of the molecule is Cc1cc(F)cc(F)c1-c1ccc(C(C)(C)C)cn1. The van der Waals surface area contributed by atoms with Gasteiger partial charge in [0.05, 0.1) is 5.69 Å². The molecule has 0 amide bonds. The molecule has 19 heavy (non-hydrogen) atoms. The van der Waals surface area contributed by atoms with Crippen molar-refractivity contribution < 1.29 is 8.78 Å². The van der Waals surface area contributed by atoms with Crippen molar-refractivity contribution in [1.29, 1.82) is 0 Å². The minimum Gasteiger partial charge on any atom is -0.256 e. The van der Waals surface area contributed by atoms with Gasteiger partial charge in [0.2, 0.25) is 0 Å². The van der Waals surface area contributed by atoms with Crippen LogP contribution in [0.25, 0.3) is 11.3 Å². The molecule has 0 N–H and O–H groups in total. The van der Waals surface area contributed by atoms with E-state index in [9.17, 15) is 8.78 Å². The predicted octanol–water partition coefficient (Wildman–Crippen LogP) is 4.63. The molecule has 1 nitrogen and oxygen atoms in total. The molecular formula is C16H17F2N. The van der Waals surface area contributed by atoms with Crippen LogP contribution in [0.4, 0.5) is 8.78 Å². The molecule has 0 saturated carbocycles. The Kier molecular flexibility index (Phi) is 3.40. The fourth-order valence-corrected chi connectivity index (χ4v) is 2.01. The van der Waals surface area contributed by atoms with Gasteiger partial charge in [0, 0.05) is 17.8 Å². The molecule has 0 saturated heterocycles. The zero-order chi connectivity index (χ0) is 14.2. The summed E-state index contributed by atoms with van der Waals surface area (Å²) in [5.74, 6) is -1.14. The Bertz CT molecular complexity index is 572. The summed E-state index contributed by atoms with van der Waals surface area (Å²) in [6.45, 7) is 7.95. The molecule has 0 aliphatic heterocycles. The third kappa shape index (κ3) is 2.80. The summed E-state index contributed by atoms with van der Waals surface area (Å²) < 4.78 is 26.9. The van der Waals surface area contributed by atoms with Crippen LogP contribution in [0.1, 0.15) is 31.9 Å². The van der Waals surface area contributed by atoms with Crippen molar-refractivity contribution >= 4 is 0 Å². The Labute approximate surface area is 112 Å². The average molecular weight is 261 g/mol. The number of aryl methyl sites for hydroxylation is 1. The molecule has 0 fully saturated rings. The van der Waals surface area contributed by atoms with Crippen LogP contribution in [0.15, 0.2) is 30.5 Å². The van der Waals surface area contributed by atoms with Crippen LogP contribution in [0, 0.1) is 18.6 Å². The molecule has 0 bridgehead atoms. The van der Waals surface area contributed by atoms with Crippen molar-refractivity contribution in [3.63, 3.8) is 0 Å². The number of halogens is 2. The van der Waals surface area contributed by atoms with Crippen LogP contribution < -0.4 is 0 Å². The van der Waals surface area contributed by atoms with Gasteiger partial charge in [-0.25, -0.2) is 8.78 Å². The van der Waals surface area contributed by atoms with Gasteiger partial charge >= 0.3 is 0 Å². The third-order valence-corrected chi connectivity index (χ3v) is 3.14. The molecule has 0 unspecified atom stereocenters. The van der Waals surface area contributed by atoms with Crippen LogP contribution >= 0.6 is 0 Å². The smallest absolute Gasteiger partial charge is 0.135 e. The van der Waals surface area contributed by atoms with Gasteiger partial charge in [0.15, 0.2) is 0 Å². The van der Waals surface area contributed by atoms with Gasteiger partial charge in [-0.1, -0.05) is 26.8 Å². The van der Waals surface area contributed by atoms with Crippen molar-refractivity contribution in [2.75, 3.05) is 0 Å². The number of nitrogens with zero attached hydrogens (tertiary/aromatic N) is 1. The average Bonchev–Trinajstić information content (AvgIpc) is 2.27. The van der Waals surface area contributed by atoms with Gasteiger partial charge in [0.1, 0.15) is 11.6 Å². The molecule has 1 heterocycles. The highest BCUT2D eigenvalue weighted by Crippen LogP contribution is 2.28. The van der Waals surface area contributed by atoms with Gasteiger partial charge in [-0.2, -0.15) is 0 Å². The maximum Gasteiger partial charge on any atom is 0.135 e. The maximum absolute atomic E-state index is 13.9. The minimum atomic E-state index is -0.575. The summed E-state index contributed by atoms with van der Waals surface area (Å²) in [5.41, 5.74) is 2.52. The number of benzene rings is 1. The zero-order valence-corrected chi connectivity index (χ0v) is 11.6. The molecule has 2 aromatic rings. The Hall–Kier alpha value is -1.77. The highest BCUT2D eigenvalue weighted by atomic mass is 19.1. The second-order valence-electron chi connectivity index (χ2n) is 5.76. The molecule has 100 valence electrons. The molecule has 0 radical (unpaired) electrons. The molecule has 0 atom stereocenters. The molecular weight excluding hydrogens is 244 g/mol. The zero-order valence-electron chi connectivity index (χ0n) is 11.6. The fraction of sp³-hybridized carbons (Fsp3) is 0.312. The molecule has 2 rings (SSSR count). The lowest BCUT2D eigenvalue weighted by Gasteiger charge is -2.18. The second-order valence-corrected chi connectivity index (χ2v) is 5.76. The third-order valence-electron chi connectivity index (χ3n) is 3.14. The number of pyridine rings is 1. The number of hydrogen-bond donors (Lipinski definition) is 0. The summed E-state index contributed by atoms with van der Waals surface area (Å²) in [5, 5.41) is 0. The van der Waals surface area contributed by atoms with Crippen molar-refractivity contribution in [1.82, 2.24) is 4.98 Å². The minimum absolute atomic E-state index is 0.00190. The summed E-state index contributed by atoms with van der Waals surface area (Å²) in [6, 6.07) is 5.92. The van der Waals surface area contributed by atoms with E-state index < -0.39 is 11.6 Å². The van der Waals surface area contributed by atoms with E-state index >= 15 is 0 Å². The Morgan fingerprint density at radius 2 is 1.74 bits per heavy atom. The molecule has 0 aliphatic carbocycles. The lowest BCUT2D eigenvalue weighted by atomic mass is 9.88. The van der Waals surface area contributed by atoms with Crippen LogP contribution in [0.3, 0.4) is 0 Å². The summed E-state index contributed by atoms with van der Waals surface area (Å²) in [7, 11) is 0. The topological polar surface area (TPSA) is 12.9 Å². The van der Waals surface area contributed by atoms with E-state index in [0.717, 1.165) is 11.6 Å². The molecule has 0 spiro atoms. The van der Waals surface area contributed by atoms with Crippen molar-refractivity contribution in [2.45, 2.75) is 33.1 Å². The first-order valence-electron chi connectivity index (χ1n) is 6.21. The summed E-state index contributed by atoms with van der Waals surface area (Å²) in [6.07, 6.45) is 1.75. The number of aromatic nitrogens is 1. The second kappa shape index (κ2) is 4.72. The van der Waals surface area contributed by atoms with Gasteiger partial charge in [-0.3, -0.25) is 4.98 Å². The van der Waals surface area contributed by atoms with E-state index in [-0.39, 0.29) is 5.41 Å². The first-order chi connectivity index (χ1) is 8.79. The maximum atomic E-state index is 13.9. The van der Waals surface area contributed by atoms with Gasteiger partial charge < -0.3 is 0 Å². The van der Waals surface area contributed by atoms with Gasteiger partial charge in [-0.15, -0.1) is 0 Å². The Morgan fingerprint density at radius 3 is 2.21 bits per heavy atom. The quantitative estimate of drug-likeness (QED) is 0.729. The molecule has 0 aliphatic rings. The van der Waals surface area contributed by atoms with Gasteiger partial charge in [-0.05, 0) is 35.6 Å². The van der Waals surface area contributed by atoms with Crippen molar-refractivity contribution in [3.05, 3.63) is 53.2 Å². The number of hydrogen-bond acceptors (Lipinski definition) is 1. The predicted molar refractivity (Wildman–Crippen MR) is 73.0 cm³/mol. The van der Waals surface area contributed by atoms with E-state index in [1.807, 2.05) is 6.07 Å². The van der Waals surface area contributed by atoms with E-state index in [4.69, 9.17) is 0 Å². The van der Waals surface area contributed by atoms with Crippen LogP contribution in [0.2, 0.25) is 0 Å². The van der Waals surface area contributed by atoms with E-state index in [1.54, 1.807) is 19.2 Å². The van der Waals surface area contributed by atoms with Crippen molar-refractivity contribution in [3.8, 4) is 11.3 Å². The number of rotatable bonds is 1. The summed E-state index contributed by atoms with van der Waals surface area (Å²) >= 11 is 0. The molecule has 3 heteroatoms. The lowest BCUT2D eigenvalue weighted by molar-refractivity contribution is 0.582. The molecule has 1 aromatic heterocycles. The van der Waals surface area contributed by atoms with Crippen molar-refractivity contribution in [2.24, 2.45) is 0 Å². The van der Waals surface area contributed by atoms with Crippen LogP contribution in [0.5, 0.6) is 0 Å². The molecule has 1 aromatic carbocycles.